The molecule has 1 aromatic carbocycles. The first kappa shape index (κ1) is 15.3. The van der Waals surface area contributed by atoms with Crippen LogP contribution in [0.15, 0.2) is 59.3 Å². The molecule has 3 rings (SSSR count). The van der Waals surface area contributed by atoms with Crippen molar-refractivity contribution < 1.29 is 4.79 Å². The summed E-state index contributed by atoms with van der Waals surface area (Å²) in [5, 5.41) is 0.706. The molecule has 1 fully saturated rings. The molecule has 0 aromatic heterocycles. The normalized spacial score (nSPS) is 17.9. The van der Waals surface area contributed by atoms with E-state index < -0.39 is 0 Å². The van der Waals surface area contributed by atoms with Crippen LogP contribution in [0.5, 0.6) is 0 Å². The average molecular weight is 349 g/mol. The Hall–Kier alpha value is -1.56. The molecule has 0 atom stereocenters. The van der Waals surface area contributed by atoms with Gasteiger partial charge in [0.25, 0.3) is 5.91 Å². The molecule has 2 aliphatic rings. The highest BCUT2D eigenvalue weighted by molar-refractivity contribution is 8.26. The van der Waals surface area contributed by atoms with Crippen LogP contribution in [0.25, 0.3) is 0 Å². The average Bonchev–Trinajstić information content (AvgIpc) is 2.82. The zero-order chi connectivity index (χ0) is 15.7. The van der Waals surface area contributed by atoms with Crippen LogP contribution < -0.4 is 4.90 Å². The summed E-state index contributed by atoms with van der Waals surface area (Å²) < 4.78 is 0.622. The van der Waals surface area contributed by atoms with Crippen LogP contribution in [-0.2, 0) is 4.79 Å². The summed E-state index contributed by atoms with van der Waals surface area (Å²) in [6, 6.07) is 7.58. The third kappa shape index (κ3) is 2.84. The second kappa shape index (κ2) is 6.28. The highest BCUT2D eigenvalue weighted by Crippen LogP contribution is 2.35. The number of thioether (sulfide) groups is 1. The van der Waals surface area contributed by atoms with Crippen molar-refractivity contribution in [3.63, 3.8) is 0 Å². The molecular weight excluding hydrogens is 336 g/mol. The molecule has 0 unspecified atom stereocenters. The van der Waals surface area contributed by atoms with Crippen molar-refractivity contribution >= 4 is 51.5 Å². The molecule has 0 N–H and O–H groups in total. The molecule has 0 bridgehead atoms. The maximum absolute atomic E-state index is 12.3. The van der Waals surface area contributed by atoms with E-state index in [1.165, 1.54) is 11.8 Å². The number of amides is 1. The first-order valence-corrected chi connectivity index (χ1v) is 8.38. The van der Waals surface area contributed by atoms with Crippen molar-refractivity contribution in [2.24, 2.45) is 0 Å². The van der Waals surface area contributed by atoms with Crippen LogP contribution in [-0.4, -0.2) is 21.7 Å². The molecular formula is C16H13ClN2OS2. The van der Waals surface area contributed by atoms with E-state index >= 15 is 0 Å². The predicted molar refractivity (Wildman–Crippen MR) is 96.8 cm³/mol. The lowest BCUT2D eigenvalue weighted by Crippen LogP contribution is -2.27. The molecule has 2 aliphatic heterocycles. The van der Waals surface area contributed by atoms with Crippen molar-refractivity contribution in [1.29, 1.82) is 0 Å². The second-order valence-corrected chi connectivity index (χ2v) is 6.80. The van der Waals surface area contributed by atoms with Gasteiger partial charge in [-0.1, -0.05) is 35.6 Å². The fourth-order valence-corrected chi connectivity index (χ4v) is 3.75. The van der Waals surface area contributed by atoms with Crippen LogP contribution in [0.3, 0.4) is 0 Å². The van der Waals surface area contributed by atoms with Crippen LogP contribution in [0.1, 0.15) is 6.92 Å². The van der Waals surface area contributed by atoms with Gasteiger partial charge in [-0.05, 0) is 48.9 Å². The van der Waals surface area contributed by atoms with Gasteiger partial charge in [0.1, 0.15) is 4.32 Å². The Morgan fingerprint density at radius 3 is 2.36 bits per heavy atom. The van der Waals surface area contributed by atoms with Crippen LogP contribution in [0.2, 0.25) is 5.02 Å². The zero-order valence-electron chi connectivity index (χ0n) is 11.8. The summed E-state index contributed by atoms with van der Waals surface area (Å²) in [7, 11) is 0. The van der Waals surface area contributed by atoms with Gasteiger partial charge in [-0.2, -0.15) is 0 Å². The van der Waals surface area contributed by atoms with Crippen molar-refractivity contribution in [2.75, 3.05) is 11.4 Å². The quantitative estimate of drug-likeness (QED) is 0.586. The van der Waals surface area contributed by atoms with Crippen molar-refractivity contribution in [3.05, 3.63) is 64.3 Å². The van der Waals surface area contributed by atoms with Crippen LogP contribution >= 0.6 is 35.6 Å². The number of likely N-dealkylation sites (N-methyl/N-ethyl adjacent to an activating group) is 1. The molecule has 3 nitrogen and oxygen atoms in total. The molecule has 0 saturated carbocycles. The molecule has 22 heavy (non-hydrogen) atoms. The number of nitrogens with zero attached hydrogens (tertiary/aromatic N) is 2. The van der Waals surface area contributed by atoms with Gasteiger partial charge in [-0.25, -0.2) is 0 Å². The Morgan fingerprint density at radius 2 is 1.82 bits per heavy atom. The largest absolute Gasteiger partial charge is 0.324 e. The monoisotopic (exact) mass is 348 g/mol. The minimum absolute atomic E-state index is 0.0123. The van der Waals surface area contributed by atoms with E-state index in [0.29, 0.717) is 20.8 Å². The zero-order valence-corrected chi connectivity index (χ0v) is 14.2. The van der Waals surface area contributed by atoms with E-state index in [-0.39, 0.29) is 5.91 Å². The highest BCUT2D eigenvalue weighted by Gasteiger charge is 2.32. The minimum Gasteiger partial charge on any atom is -0.324 e. The fourth-order valence-electron chi connectivity index (χ4n) is 2.21. The lowest BCUT2D eigenvalue weighted by molar-refractivity contribution is -0.122. The number of allylic oxidation sites excluding steroid dienone is 3. The molecule has 1 amide bonds. The van der Waals surface area contributed by atoms with Crippen molar-refractivity contribution in [3.8, 4) is 0 Å². The highest BCUT2D eigenvalue weighted by atomic mass is 35.5. The van der Waals surface area contributed by atoms with Gasteiger partial charge >= 0.3 is 0 Å². The maximum atomic E-state index is 12.3. The van der Waals surface area contributed by atoms with Crippen molar-refractivity contribution in [1.82, 2.24) is 4.90 Å². The van der Waals surface area contributed by atoms with E-state index in [2.05, 4.69) is 0 Å². The standard InChI is InChI=1S/C16H13ClN2OS2/c1-2-19-15(20)14(22-16(19)21)11-7-9-18(10-8-11)13-5-3-12(17)4-6-13/h3-10H,2H2,1H3. The van der Waals surface area contributed by atoms with E-state index in [0.717, 1.165) is 11.3 Å². The summed E-state index contributed by atoms with van der Waals surface area (Å²) in [5.74, 6) is -0.0123. The molecule has 0 radical (unpaired) electrons. The second-order valence-electron chi connectivity index (χ2n) is 4.72. The number of carbonyl (C=O) groups is 1. The third-order valence-electron chi connectivity index (χ3n) is 3.38. The Bertz CT molecular complexity index is 706. The summed E-state index contributed by atoms with van der Waals surface area (Å²) in [6.45, 7) is 2.53. The Morgan fingerprint density at radius 1 is 1.18 bits per heavy atom. The molecule has 2 heterocycles. The summed E-state index contributed by atoms with van der Waals surface area (Å²) in [6.07, 6.45) is 7.71. The molecule has 1 aromatic rings. The van der Waals surface area contributed by atoms with Crippen LogP contribution in [0.4, 0.5) is 5.69 Å². The first-order chi connectivity index (χ1) is 10.6. The molecule has 1 saturated heterocycles. The first-order valence-electron chi connectivity index (χ1n) is 6.78. The summed E-state index contributed by atoms with van der Waals surface area (Å²) in [4.78, 5) is 16.6. The summed E-state index contributed by atoms with van der Waals surface area (Å²) >= 11 is 12.5. The lowest BCUT2D eigenvalue weighted by Gasteiger charge is -2.19. The maximum Gasteiger partial charge on any atom is 0.266 e. The molecule has 6 heteroatoms. The number of thiocarbonyl (C=S) groups is 1. The number of carbonyl (C=O) groups excluding carboxylic acids is 1. The van der Waals surface area contributed by atoms with Gasteiger partial charge in [0.2, 0.25) is 0 Å². The summed E-state index contributed by atoms with van der Waals surface area (Å²) in [5.41, 5.74) is 1.90. The Kier molecular flexibility index (Phi) is 4.38. The Balaban J connectivity index is 1.84. The molecule has 112 valence electrons. The van der Waals surface area contributed by atoms with E-state index in [1.807, 2.05) is 60.6 Å². The van der Waals surface area contributed by atoms with E-state index in [9.17, 15) is 4.79 Å². The smallest absolute Gasteiger partial charge is 0.266 e. The number of hydrogen-bond acceptors (Lipinski definition) is 4. The van der Waals surface area contributed by atoms with Gasteiger partial charge in [0.15, 0.2) is 0 Å². The number of hydrogen-bond donors (Lipinski definition) is 0. The number of rotatable bonds is 2. The predicted octanol–water partition coefficient (Wildman–Crippen LogP) is 4.32. The number of anilines is 1. The van der Waals surface area contributed by atoms with Gasteiger partial charge < -0.3 is 4.90 Å². The van der Waals surface area contributed by atoms with Gasteiger partial charge in [0, 0.05) is 29.7 Å². The number of halogens is 1. The van der Waals surface area contributed by atoms with Gasteiger partial charge in [0.05, 0.1) is 4.91 Å². The van der Waals surface area contributed by atoms with Gasteiger partial charge in [-0.15, -0.1) is 0 Å². The van der Waals surface area contributed by atoms with Crippen LogP contribution in [0, 0.1) is 0 Å². The van der Waals surface area contributed by atoms with E-state index in [4.69, 9.17) is 23.8 Å². The Labute approximate surface area is 143 Å². The van der Waals surface area contributed by atoms with Gasteiger partial charge in [-0.3, -0.25) is 9.69 Å². The SMILES string of the molecule is CCN1C(=O)C(=C2C=CN(c3ccc(Cl)cc3)C=C2)SC1=S. The third-order valence-corrected chi connectivity index (χ3v) is 5.11. The number of benzene rings is 1. The topological polar surface area (TPSA) is 23.6 Å². The lowest BCUT2D eigenvalue weighted by atomic mass is 10.1. The molecule has 0 spiro atoms. The van der Waals surface area contributed by atoms with Crippen molar-refractivity contribution in [2.45, 2.75) is 6.92 Å². The fraction of sp³-hybridized carbons (Fsp3) is 0.125. The van der Waals surface area contributed by atoms with E-state index in [1.54, 1.807) is 4.90 Å². The molecule has 0 aliphatic carbocycles. The minimum atomic E-state index is -0.0123.